The van der Waals surface area contributed by atoms with Crippen LogP contribution in [0, 0.1) is 13.8 Å². The van der Waals surface area contributed by atoms with Crippen molar-refractivity contribution in [3.8, 4) is 11.5 Å². The fraction of sp³-hybridized carbons (Fsp3) is 0.424. The van der Waals surface area contributed by atoms with Crippen molar-refractivity contribution in [2.75, 3.05) is 25.1 Å². The summed E-state index contributed by atoms with van der Waals surface area (Å²) in [7, 11) is 0. The number of benzene rings is 2. The molecule has 5 rings (SSSR count). The van der Waals surface area contributed by atoms with Crippen LogP contribution in [0.2, 0.25) is 0 Å². The van der Waals surface area contributed by atoms with Gasteiger partial charge >= 0.3 is 0 Å². The van der Waals surface area contributed by atoms with E-state index in [2.05, 4.69) is 33.1 Å². The third-order valence-corrected chi connectivity index (χ3v) is 8.66. The van der Waals surface area contributed by atoms with Gasteiger partial charge in [-0.2, -0.15) is 0 Å². The summed E-state index contributed by atoms with van der Waals surface area (Å²) in [6.07, 6.45) is 4.27. The molecule has 0 unspecified atom stereocenters. The lowest BCUT2D eigenvalue weighted by Crippen LogP contribution is -2.39. The molecule has 3 aliphatic rings. The van der Waals surface area contributed by atoms with Gasteiger partial charge < -0.3 is 19.7 Å². The van der Waals surface area contributed by atoms with E-state index in [1.54, 1.807) is 0 Å². The number of aryl methyl sites for hydroxylation is 2. The maximum Gasteiger partial charge on any atom is 0.262 e. The average molecular weight is 622 g/mol. The molecular weight excluding hydrogens is 584 g/mol. The first-order chi connectivity index (χ1) is 19.7. The van der Waals surface area contributed by atoms with E-state index in [-0.39, 0.29) is 24.1 Å². The first-order valence-electron chi connectivity index (χ1n) is 14.5. The Labute approximate surface area is 250 Å². The van der Waals surface area contributed by atoms with Crippen molar-refractivity contribution < 1.29 is 23.9 Å². The van der Waals surface area contributed by atoms with Crippen LogP contribution in [0.25, 0.3) is 0 Å². The van der Waals surface area contributed by atoms with Crippen LogP contribution in [-0.4, -0.2) is 42.1 Å². The molecule has 216 valence electrons. The molecule has 0 radical (unpaired) electrons. The van der Waals surface area contributed by atoms with E-state index in [0.717, 1.165) is 77.1 Å². The van der Waals surface area contributed by atoms with E-state index < -0.39 is 5.92 Å². The van der Waals surface area contributed by atoms with E-state index in [4.69, 9.17) is 9.47 Å². The molecule has 0 aromatic heterocycles. The largest absolute Gasteiger partial charge is 0.490 e. The summed E-state index contributed by atoms with van der Waals surface area (Å²) in [5.74, 6) is 0.359. The van der Waals surface area contributed by atoms with Gasteiger partial charge in [-0.25, -0.2) is 0 Å². The number of rotatable bonds is 8. The van der Waals surface area contributed by atoms with Crippen molar-refractivity contribution in [2.45, 2.75) is 72.1 Å². The number of nitrogens with one attached hydrogen (secondary N) is 1. The van der Waals surface area contributed by atoms with Gasteiger partial charge in [0.15, 0.2) is 29.7 Å². The van der Waals surface area contributed by atoms with Crippen LogP contribution in [-0.2, 0) is 14.4 Å². The highest BCUT2D eigenvalue weighted by Gasteiger charge is 2.43. The van der Waals surface area contributed by atoms with E-state index in [9.17, 15) is 14.4 Å². The molecule has 0 saturated heterocycles. The zero-order valence-corrected chi connectivity index (χ0v) is 25.8. The molecule has 2 aromatic rings. The standard InChI is InChI=1S/C33H37BrN2O5/c1-5-36-24-9-7-11-26(37)31(24)30(32-25(36)10-8-12-27(32)38)21-16-22(34)33(28(17-21)40-6-2)41-18-29(39)35-23-14-13-19(3)15-20(23)4/h13-17,30H,5-12,18H2,1-4H3,(H,35,39). The summed E-state index contributed by atoms with van der Waals surface area (Å²) >= 11 is 3.65. The van der Waals surface area contributed by atoms with E-state index in [0.29, 0.717) is 35.4 Å². The lowest BCUT2D eigenvalue weighted by Gasteiger charge is -2.43. The number of anilines is 1. The first kappa shape index (κ1) is 29.1. The van der Waals surface area contributed by atoms with E-state index in [1.807, 2.05) is 51.1 Å². The van der Waals surface area contributed by atoms with Crippen LogP contribution < -0.4 is 14.8 Å². The Hall–Kier alpha value is -3.39. The van der Waals surface area contributed by atoms with Gasteiger partial charge in [-0.05, 0) is 98.6 Å². The van der Waals surface area contributed by atoms with Crippen molar-refractivity contribution in [1.29, 1.82) is 0 Å². The summed E-state index contributed by atoms with van der Waals surface area (Å²) in [5.41, 5.74) is 7.24. The predicted octanol–water partition coefficient (Wildman–Crippen LogP) is 6.92. The molecule has 0 spiro atoms. The summed E-state index contributed by atoms with van der Waals surface area (Å²) < 4.78 is 12.6. The minimum absolute atomic E-state index is 0.108. The minimum Gasteiger partial charge on any atom is -0.490 e. The number of nitrogens with zero attached hydrogens (tertiary/aromatic N) is 1. The van der Waals surface area contributed by atoms with Gasteiger partial charge in [-0.1, -0.05) is 17.7 Å². The quantitative estimate of drug-likeness (QED) is 0.345. The molecule has 1 aliphatic heterocycles. The Morgan fingerprint density at radius 2 is 1.61 bits per heavy atom. The number of hydrogen-bond donors (Lipinski definition) is 1. The Morgan fingerprint density at radius 3 is 2.20 bits per heavy atom. The molecule has 1 heterocycles. The highest BCUT2D eigenvalue weighted by molar-refractivity contribution is 9.10. The van der Waals surface area contributed by atoms with E-state index in [1.165, 1.54) is 0 Å². The average Bonchev–Trinajstić information content (AvgIpc) is 2.93. The van der Waals surface area contributed by atoms with E-state index >= 15 is 0 Å². The fourth-order valence-corrected chi connectivity index (χ4v) is 6.94. The number of amides is 1. The molecular formula is C33H37BrN2O5. The molecule has 2 aliphatic carbocycles. The monoisotopic (exact) mass is 620 g/mol. The van der Waals surface area contributed by atoms with Gasteiger partial charge in [0.2, 0.25) is 0 Å². The molecule has 7 nitrogen and oxygen atoms in total. The predicted molar refractivity (Wildman–Crippen MR) is 162 cm³/mol. The highest BCUT2D eigenvalue weighted by Crippen LogP contribution is 2.51. The second-order valence-corrected chi connectivity index (χ2v) is 11.7. The van der Waals surface area contributed by atoms with Crippen LogP contribution in [0.3, 0.4) is 0 Å². The second-order valence-electron chi connectivity index (χ2n) is 10.9. The van der Waals surface area contributed by atoms with Crippen LogP contribution in [0.4, 0.5) is 5.69 Å². The van der Waals surface area contributed by atoms with Crippen LogP contribution in [0.5, 0.6) is 11.5 Å². The number of ketones is 2. The molecule has 0 fully saturated rings. The van der Waals surface area contributed by atoms with Crippen LogP contribution in [0.1, 0.15) is 75.0 Å². The van der Waals surface area contributed by atoms with Gasteiger partial charge in [0.05, 0.1) is 11.1 Å². The smallest absolute Gasteiger partial charge is 0.262 e. The van der Waals surface area contributed by atoms with Gasteiger partial charge in [0.25, 0.3) is 5.91 Å². The molecule has 1 amide bonds. The number of Topliss-reactive ketones (excluding diaryl/α,β-unsaturated/α-hetero) is 2. The number of carbonyl (C=O) groups excluding carboxylic acids is 3. The number of ether oxygens (including phenoxy) is 2. The SMILES string of the molecule is CCOc1cc(C2C3=C(CCCC3=O)N(CC)C3=C2C(=O)CCC3)cc(Br)c1OCC(=O)Nc1ccc(C)cc1C. The topological polar surface area (TPSA) is 84.9 Å². The maximum absolute atomic E-state index is 13.5. The minimum atomic E-state index is -0.444. The summed E-state index contributed by atoms with van der Waals surface area (Å²) in [6.45, 7) is 8.83. The van der Waals surface area contributed by atoms with Gasteiger partial charge in [0, 0.05) is 53.5 Å². The molecule has 41 heavy (non-hydrogen) atoms. The molecule has 2 aromatic carbocycles. The lowest BCUT2D eigenvalue weighted by atomic mass is 9.71. The Morgan fingerprint density at radius 1 is 0.951 bits per heavy atom. The summed E-state index contributed by atoms with van der Waals surface area (Å²) in [6, 6.07) is 9.63. The third kappa shape index (κ3) is 5.71. The molecule has 0 atom stereocenters. The zero-order chi connectivity index (χ0) is 29.3. The summed E-state index contributed by atoms with van der Waals surface area (Å²) in [4.78, 5) is 41.9. The Kier molecular flexibility index (Phi) is 8.68. The second kappa shape index (κ2) is 12.2. The highest BCUT2D eigenvalue weighted by atomic mass is 79.9. The summed E-state index contributed by atoms with van der Waals surface area (Å²) in [5, 5.41) is 2.91. The van der Waals surface area contributed by atoms with Crippen molar-refractivity contribution in [2.24, 2.45) is 0 Å². The Bertz CT molecular complexity index is 1430. The van der Waals surface area contributed by atoms with Crippen molar-refractivity contribution in [3.63, 3.8) is 0 Å². The van der Waals surface area contributed by atoms with Gasteiger partial charge in [-0.15, -0.1) is 0 Å². The zero-order valence-electron chi connectivity index (χ0n) is 24.2. The van der Waals surface area contributed by atoms with Crippen molar-refractivity contribution in [3.05, 3.63) is 74.0 Å². The molecule has 8 heteroatoms. The third-order valence-electron chi connectivity index (χ3n) is 8.07. The Balaban J connectivity index is 1.50. The number of halogens is 1. The van der Waals surface area contributed by atoms with Crippen molar-refractivity contribution in [1.82, 2.24) is 4.90 Å². The van der Waals surface area contributed by atoms with Gasteiger partial charge in [0.1, 0.15) is 0 Å². The molecule has 0 bridgehead atoms. The van der Waals surface area contributed by atoms with Crippen LogP contribution >= 0.6 is 15.9 Å². The fourth-order valence-electron chi connectivity index (χ4n) is 6.37. The lowest BCUT2D eigenvalue weighted by molar-refractivity contribution is -0.118. The number of hydrogen-bond acceptors (Lipinski definition) is 6. The normalized spacial score (nSPS) is 17.4. The van der Waals surface area contributed by atoms with Gasteiger partial charge in [-0.3, -0.25) is 14.4 Å². The number of allylic oxidation sites excluding steroid dienone is 4. The van der Waals surface area contributed by atoms with Crippen molar-refractivity contribution >= 4 is 39.1 Å². The maximum atomic E-state index is 13.5. The number of carbonyl (C=O) groups is 3. The first-order valence-corrected chi connectivity index (χ1v) is 15.3. The molecule has 0 saturated carbocycles. The van der Waals surface area contributed by atoms with Crippen LogP contribution in [0.15, 0.2) is 57.3 Å². The molecule has 1 N–H and O–H groups in total.